The van der Waals surface area contributed by atoms with E-state index in [9.17, 15) is 0 Å². The molecular formula is C14H18N6. The molecule has 1 atom stereocenters. The maximum absolute atomic E-state index is 4.38. The lowest BCUT2D eigenvalue weighted by Gasteiger charge is -2.09. The zero-order chi connectivity index (χ0) is 13.8. The summed E-state index contributed by atoms with van der Waals surface area (Å²) < 4.78 is 1.81. The van der Waals surface area contributed by atoms with Crippen molar-refractivity contribution in [2.24, 2.45) is 4.99 Å². The Balaban J connectivity index is 1.53. The molecule has 20 heavy (non-hydrogen) atoms. The number of aliphatic imine (C=N–C) groups is 1. The topological polar surface area (TPSA) is 67.1 Å². The summed E-state index contributed by atoms with van der Waals surface area (Å²) in [5, 5.41) is 10.7. The Morgan fingerprint density at radius 3 is 2.75 bits per heavy atom. The van der Waals surface area contributed by atoms with Crippen LogP contribution < -0.4 is 10.6 Å². The molecule has 2 N–H and O–H groups in total. The van der Waals surface area contributed by atoms with Crippen LogP contribution in [0.3, 0.4) is 0 Å². The van der Waals surface area contributed by atoms with Gasteiger partial charge in [0.15, 0.2) is 5.96 Å². The number of guanidine groups is 1. The molecule has 1 aromatic carbocycles. The molecule has 0 saturated heterocycles. The number of hydrogen-bond donors (Lipinski definition) is 2. The van der Waals surface area contributed by atoms with E-state index in [1.807, 2.05) is 4.68 Å². The molecule has 0 radical (unpaired) electrons. The fourth-order valence-corrected chi connectivity index (χ4v) is 2.11. The summed E-state index contributed by atoms with van der Waals surface area (Å²) in [7, 11) is 0. The Hall–Kier alpha value is -2.37. The highest BCUT2D eigenvalue weighted by Crippen LogP contribution is 2.06. The second-order valence-corrected chi connectivity index (χ2v) is 5.00. The summed E-state index contributed by atoms with van der Waals surface area (Å²) in [4.78, 5) is 8.31. The molecule has 1 unspecified atom stereocenters. The van der Waals surface area contributed by atoms with Gasteiger partial charge in [0.2, 0.25) is 0 Å². The van der Waals surface area contributed by atoms with Gasteiger partial charge in [-0.1, -0.05) is 24.3 Å². The lowest BCUT2D eigenvalue weighted by molar-refractivity contribution is 0.684. The van der Waals surface area contributed by atoms with Crippen LogP contribution >= 0.6 is 0 Å². The van der Waals surface area contributed by atoms with Gasteiger partial charge in [-0.25, -0.2) is 9.67 Å². The zero-order valence-electron chi connectivity index (χ0n) is 11.5. The summed E-state index contributed by atoms with van der Waals surface area (Å²) in [6, 6.07) is 8.91. The van der Waals surface area contributed by atoms with Crippen LogP contribution in [0.1, 0.15) is 18.1 Å². The Bertz CT molecular complexity index is 572. The van der Waals surface area contributed by atoms with E-state index in [1.54, 1.807) is 12.7 Å². The number of rotatable bonds is 4. The molecule has 1 aromatic heterocycles. The van der Waals surface area contributed by atoms with Gasteiger partial charge in [0.05, 0.1) is 13.1 Å². The maximum atomic E-state index is 4.38. The molecule has 0 saturated carbocycles. The second-order valence-electron chi connectivity index (χ2n) is 5.00. The van der Waals surface area contributed by atoms with Crippen molar-refractivity contribution in [1.82, 2.24) is 25.4 Å². The van der Waals surface area contributed by atoms with Gasteiger partial charge < -0.3 is 10.6 Å². The molecule has 1 aliphatic rings. The van der Waals surface area contributed by atoms with E-state index in [1.165, 1.54) is 11.1 Å². The molecule has 2 aromatic rings. The van der Waals surface area contributed by atoms with Crippen LogP contribution in [0.2, 0.25) is 0 Å². The predicted octanol–water partition coefficient (Wildman–Crippen LogP) is 0.764. The molecule has 0 bridgehead atoms. The lowest BCUT2D eigenvalue weighted by atomic mass is 10.1. The molecular weight excluding hydrogens is 252 g/mol. The number of hydrogen-bond acceptors (Lipinski definition) is 5. The molecule has 0 spiro atoms. The van der Waals surface area contributed by atoms with E-state index in [2.05, 4.69) is 56.9 Å². The summed E-state index contributed by atoms with van der Waals surface area (Å²) >= 11 is 0. The normalized spacial score (nSPS) is 17.6. The average Bonchev–Trinajstić information content (AvgIpc) is 3.10. The Labute approximate surface area is 117 Å². The fourth-order valence-electron chi connectivity index (χ4n) is 2.11. The number of nitrogens with zero attached hydrogens (tertiary/aromatic N) is 4. The molecule has 3 rings (SSSR count). The zero-order valence-corrected chi connectivity index (χ0v) is 11.5. The minimum absolute atomic E-state index is 0.433. The van der Waals surface area contributed by atoms with E-state index in [0.717, 1.165) is 25.6 Å². The molecule has 0 aliphatic carbocycles. The smallest absolute Gasteiger partial charge is 0.191 e. The van der Waals surface area contributed by atoms with Gasteiger partial charge in [0.1, 0.15) is 12.7 Å². The van der Waals surface area contributed by atoms with Gasteiger partial charge in [-0.05, 0) is 18.1 Å². The van der Waals surface area contributed by atoms with Crippen LogP contribution in [0.5, 0.6) is 0 Å². The van der Waals surface area contributed by atoms with Crippen LogP contribution in [-0.2, 0) is 13.1 Å². The average molecular weight is 270 g/mol. The fraction of sp³-hybridized carbons (Fsp3) is 0.357. The van der Waals surface area contributed by atoms with Crippen LogP contribution in [0.25, 0.3) is 0 Å². The van der Waals surface area contributed by atoms with Crippen molar-refractivity contribution in [1.29, 1.82) is 0 Å². The number of benzene rings is 1. The summed E-state index contributed by atoms with van der Waals surface area (Å²) in [5.74, 6) is 0.893. The highest BCUT2D eigenvalue weighted by atomic mass is 15.3. The van der Waals surface area contributed by atoms with E-state index in [0.29, 0.717) is 6.04 Å². The molecule has 2 heterocycles. The summed E-state index contributed by atoms with van der Waals surface area (Å²) in [5.41, 5.74) is 2.44. The van der Waals surface area contributed by atoms with Gasteiger partial charge in [-0.2, -0.15) is 5.10 Å². The molecule has 6 nitrogen and oxygen atoms in total. The largest absolute Gasteiger partial charge is 0.352 e. The van der Waals surface area contributed by atoms with Crippen molar-refractivity contribution in [3.05, 3.63) is 48.0 Å². The maximum Gasteiger partial charge on any atom is 0.191 e. The number of aromatic nitrogens is 3. The van der Waals surface area contributed by atoms with E-state index >= 15 is 0 Å². The molecule has 0 fully saturated rings. The monoisotopic (exact) mass is 270 g/mol. The third-order valence-electron chi connectivity index (χ3n) is 3.20. The molecule has 104 valence electrons. The van der Waals surface area contributed by atoms with Gasteiger partial charge in [-0.15, -0.1) is 0 Å². The van der Waals surface area contributed by atoms with Crippen molar-refractivity contribution in [2.45, 2.75) is 26.1 Å². The van der Waals surface area contributed by atoms with Gasteiger partial charge >= 0.3 is 0 Å². The minimum Gasteiger partial charge on any atom is -0.352 e. The Morgan fingerprint density at radius 1 is 1.30 bits per heavy atom. The van der Waals surface area contributed by atoms with Gasteiger partial charge in [0, 0.05) is 12.6 Å². The molecule has 1 aliphatic heterocycles. The van der Waals surface area contributed by atoms with Crippen LogP contribution in [0, 0.1) is 0 Å². The lowest BCUT2D eigenvalue weighted by Crippen LogP contribution is -2.37. The minimum atomic E-state index is 0.433. The van der Waals surface area contributed by atoms with Crippen molar-refractivity contribution < 1.29 is 0 Å². The van der Waals surface area contributed by atoms with Crippen molar-refractivity contribution >= 4 is 5.96 Å². The highest BCUT2D eigenvalue weighted by Gasteiger charge is 2.11. The van der Waals surface area contributed by atoms with Crippen LogP contribution in [-0.4, -0.2) is 33.3 Å². The first-order valence-corrected chi connectivity index (χ1v) is 6.75. The third-order valence-corrected chi connectivity index (χ3v) is 3.20. The molecule has 0 amide bonds. The van der Waals surface area contributed by atoms with Crippen LogP contribution in [0.4, 0.5) is 0 Å². The van der Waals surface area contributed by atoms with Gasteiger partial charge in [-0.3, -0.25) is 4.99 Å². The highest BCUT2D eigenvalue weighted by molar-refractivity contribution is 5.81. The quantitative estimate of drug-likeness (QED) is 0.861. The summed E-state index contributed by atoms with van der Waals surface area (Å²) in [6.07, 6.45) is 3.27. The van der Waals surface area contributed by atoms with Gasteiger partial charge in [0.25, 0.3) is 0 Å². The van der Waals surface area contributed by atoms with E-state index in [4.69, 9.17) is 0 Å². The Morgan fingerprint density at radius 2 is 2.10 bits per heavy atom. The van der Waals surface area contributed by atoms with Crippen molar-refractivity contribution in [2.75, 3.05) is 6.54 Å². The van der Waals surface area contributed by atoms with Crippen LogP contribution in [0.15, 0.2) is 41.9 Å². The predicted molar refractivity (Wildman–Crippen MR) is 77.3 cm³/mol. The molecule has 6 heteroatoms. The summed E-state index contributed by atoms with van der Waals surface area (Å²) in [6.45, 7) is 4.50. The first-order chi connectivity index (χ1) is 9.79. The van der Waals surface area contributed by atoms with Crippen molar-refractivity contribution in [3.63, 3.8) is 0 Å². The van der Waals surface area contributed by atoms with E-state index < -0.39 is 0 Å². The number of nitrogens with one attached hydrogen (secondary N) is 2. The second kappa shape index (κ2) is 5.73. The first-order valence-electron chi connectivity index (χ1n) is 6.75. The standard InChI is InChI=1S/C14H18N6/c1-11-6-16-14(19-11)17-7-12-2-4-13(5-3-12)8-20-10-15-9-18-20/h2-5,9-11H,6-8H2,1H3,(H2,16,17,19). The first kappa shape index (κ1) is 12.7. The Kier molecular flexibility index (Phi) is 3.62. The SMILES string of the molecule is CC1CN=C(NCc2ccc(Cn3cncn3)cc2)N1. The van der Waals surface area contributed by atoms with Crippen molar-refractivity contribution in [3.8, 4) is 0 Å². The third kappa shape index (κ3) is 3.14. The van der Waals surface area contributed by atoms with E-state index in [-0.39, 0.29) is 0 Å².